The Morgan fingerprint density at radius 1 is 1.35 bits per heavy atom. The highest BCUT2D eigenvalue weighted by Gasteiger charge is 2.09. The van der Waals surface area contributed by atoms with Gasteiger partial charge in [-0.1, -0.05) is 11.2 Å². The van der Waals surface area contributed by atoms with E-state index in [1.165, 1.54) is 6.07 Å². The molecule has 0 aliphatic heterocycles. The lowest BCUT2D eigenvalue weighted by Gasteiger charge is -1.92. The Labute approximate surface area is 94.9 Å². The molecule has 0 unspecified atom stereocenters. The Balaban J connectivity index is 1.98. The smallest absolute Gasteiger partial charge is 0.322 e. The van der Waals surface area contributed by atoms with E-state index in [1.807, 2.05) is 0 Å². The van der Waals surface area contributed by atoms with Gasteiger partial charge in [0.1, 0.15) is 5.52 Å². The van der Waals surface area contributed by atoms with Crippen molar-refractivity contribution < 1.29 is 8.81 Å². The average molecular weight is 233 g/mol. The minimum atomic E-state index is -0.381. The quantitative estimate of drug-likeness (QED) is 0.708. The zero-order valence-corrected chi connectivity index (χ0v) is 8.86. The van der Waals surface area contributed by atoms with Crippen LogP contribution in [-0.4, -0.2) is 20.2 Å². The molecule has 0 amide bonds. The topological polar surface area (TPSA) is 79.6 Å². The molecular formula is C10H8FN5O. The van der Waals surface area contributed by atoms with Crippen molar-refractivity contribution in [3.8, 4) is 0 Å². The molecule has 7 heteroatoms. The molecule has 86 valence electrons. The van der Waals surface area contributed by atoms with Gasteiger partial charge in [-0.3, -0.25) is 5.32 Å². The van der Waals surface area contributed by atoms with Gasteiger partial charge in [-0.2, -0.15) is 0 Å². The molecule has 0 aliphatic carbocycles. The summed E-state index contributed by atoms with van der Waals surface area (Å²) in [4.78, 5) is 6.95. The fraction of sp³-hybridized carbons (Fsp3) is 0.100. The van der Waals surface area contributed by atoms with Gasteiger partial charge in [0, 0.05) is 6.92 Å². The highest BCUT2D eigenvalue weighted by molar-refractivity contribution is 5.78. The van der Waals surface area contributed by atoms with Gasteiger partial charge < -0.3 is 9.40 Å². The summed E-state index contributed by atoms with van der Waals surface area (Å²) in [6, 6.07) is 4.90. The zero-order chi connectivity index (χ0) is 11.8. The van der Waals surface area contributed by atoms with Crippen LogP contribution >= 0.6 is 0 Å². The van der Waals surface area contributed by atoms with Crippen LogP contribution in [0.2, 0.25) is 0 Å². The standard InChI is InChI=1S/C10H8FN5O/c1-5-15-16-10(17-5)14-9-12-7-4-2-3-6(11)8(7)13-9/h2-4H,1H3,(H2,12,13,14,16). The number of halogens is 1. The average Bonchev–Trinajstić information content (AvgIpc) is 2.86. The van der Waals surface area contributed by atoms with Crippen LogP contribution in [0.15, 0.2) is 22.6 Å². The molecule has 2 N–H and O–H groups in total. The van der Waals surface area contributed by atoms with Crippen molar-refractivity contribution in [2.24, 2.45) is 0 Å². The summed E-state index contributed by atoms with van der Waals surface area (Å²) in [5.41, 5.74) is 0.870. The van der Waals surface area contributed by atoms with Gasteiger partial charge in [-0.05, 0) is 12.1 Å². The molecule has 17 heavy (non-hydrogen) atoms. The monoisotopic (exact) mass is 233 g/mol. The molecule has 2 heterocycles. The normalized spacial score (nSPS) is 10.9. The van der Waals surface area contributed by atoms with Crippen molar-refractivity contribution in [3.63, 3.8) is 0 Å². The van der Waals surface area contributed by atoms with Gasteiger partial charge in [0.25, 0.3) is 0 Å². The van der Waals surface area contributed by atoms with Gasteiger partial charge in [0.15, 0.2) is 5.82 Å². The van der Waals surface area contributed by atoms with Gasteiger partial charge in [-0.25, -0.2) is 9.37 Å². The van der Waals surface area contributed by atoms with Gasteiger partial charge >= 0.3 is 6.01 Å². The van der Waals surface area contributed by atoms with E-state index in [2.05, 4.69) is 25.5 Å². The summed E-state index contributed by atoms with van der Waals surface area (Å²) in [6.45, 7) is 1.68. The number of aromatic nitrogens is 4. The molecule has 0 atom stereocenters. The van der Waals surface area contributed by atoms with Crippen LogP contribution < -0.4 is 5.32 Å². The van der Waals surface area contributed by atoms with E-state index in [0.29, 0.717) is 17.4 Å². The van der Waals surface area contributed by atoms with Gasteiger partial charge in [0.05, 0.1) is 5.52 Å². The fourth-order valence-corrected chi connectivity index (χ4v) is 1.50. The fourth-order valence-electron chi connectivity index (χ4n) is 1.50. The first-order valence-electron chi connectivity index (χ1n) is 4.94. The number of hydrogen-bond acceptors (Lipinski definition) is 5. The molecule has 1 aromatic carbocycles. The lowest BCUT2D eigenvalue weighted by Crippen LogP contribution is -1.92. The largest absolute Gasteiger partial charge is 0.408 e. The molecule has 0 spiro atoms. The molecule has 3 rings (SSSR count). The van der Waals surface area contributed by atoms with E-state index in [0.717, 1.165) is 0 Å². The summed E-state index contributed by atoms with van der Waals surface area (Å²) in [7, 11) is 0. The summed E-state index contributed by atoms with van der Waals surface area (Å²) < 4.78 is 18.5. The highest BCUT2D eigenvalue weighted by atomic mass is 19.1. The molecule has 0 saturated carbocycles. The number of aryl methyl sites for hydroxylation is 1. The number of hydrogen-bond donors (Lipinski definition) is 2. The maximum atomic E-state index is 13.4. The molecule has 3 aromatic rings. The summed E-state index contributed by atoms with van der Waals surface area (Å²) in [5, 5.41) is 10.2. The lowest BCUT2D eigenvalue weighted by atomic mass is 10.3. The zero-order valence-electron chi connectivity index (χ0n) is 8.86. The van der Waals surface area contributed by atoms with Crippen molar-refractivity contribution in [3.05, 3.63) is 29.9 Å². The molecule has 0 fully saturated rings. The van der Waals surface area contributed by atoms with Crippen molar-refractivity contribution in [1.29, 1.82) is 0 Å². The van der Waals surface area contributed by atoms with Crippen LogP contribution in [0, 0.1) is 12.7 Å². The number of H-pyrrole nitrogens is 1. The van der Waals surface area contributed by atoms with Crippen LogP contribution in [0.3, 0.4) is 0 Å². The summed E-state index contributed by atoms with van der Waals surface area (Å²) >= 11 is 0. The van der Waals surface area contributed by atoms with Crippen LogP contribution in [-0.2, 0) is 0 Å². The van der Waals surface area contributed by atoms with E-state index < -0.39 is 0 Å². The predicted octanol–water partition coefficient (Wildman–Crippen LogP) is 2.14. The number of rotatable bonds is 2. The Morgan fingerprint density at radius 3 is 2.94 bits per heavy atom. The van der Waals surface area contributed by atoms with Gasteiger partial charge in [0.2, 0.25) is 11.8 Å². The minimum absolute atomic E-state index is 0.210. The van der Waals surface area contributed by atoms with Crippen molar-refractivity contribution >= 4 is 23.0 Å². The maximum Gasteiger partial charge on any atom is 0.322 e. The van der Waals surface area contributed by atoms with Crippen molar-refractivity contribution in [2.45, 2.75) is 6.92 Å². The summed E-state index contributed by atoms with van der Waals surface area (Å²) in [5.74, 6) is 0.414. The highest BCUT2D eigenvalue weighted by Crippen LogP contribution is 2.19. The Morgan fingerprint density at radius 2 is 2.24 bits per heavy atom. The second-order valence-corrected chi connectivity index (χ2v) is 3.47. The minimum Gasteiger partial charge on any atom is -0.408 e. The van der Waals surface area contributed by atoms with Crippen LogP contribution in [0.5, 0.6) is 0 Å². The van der Waals surface area contributed by atoms with Crippen LogP contribution in [0.1, 0.15) is 5.89 Å². The number of fused-ring (bicyclic) bond motifs is 1. The SMILES string of the molecule is Cc1nnc(Nc2nc3c(F)cccc3[nH]2)o1. The third kappa shape index (κ3) is 1.71. The van der Waals surface area contributed by atoms with Gasteiger partial charge in [-0.15, -0.1) is 5.10 Å². The Hall–Kier alpha value is -2.44. The molecule has 0 bridgehead atoms. The van der Waals surface area contributed by atoms with Crippen LogP contribution in [0.4, 0.5) is 16.4 Å². The molecule has 0 radical (unpaired) electrons. The number of aromatic amines is 1. The number of nitrogens with one attached hydrogen (secondary N) is 2. The summed E-state index contributed by atoms with van der Waals surface area (Å²) in [6.07, 6.45) is 0. The molecule has 6 nitrogen and oxygen atoms in total. The maximum absolute atomic E-state index is 13.4. The Bertz CT molecular complexity index is 674. The second-order valence-electron chi connectivity index (χ2n) is 3.47. The Kier molecular flexibility index (Phi) is 2.04. The van der Waals surface area contributed by atoms with Crippen molar-refractivity contribution in [1.82, 2.24) is 20.2 Å². The number of para-hydroxylation sites is 1. The first-order chi connectivity index (χ1) is 8.22. The second kappa shape index (κ2) is 3.55. The number of benzene rings is 1. The van der Waals surface area contributed by atoms with Crippen LogP contribution in [0.25, 0.3) is 11.0 Å². The van der Waals surface area contributed by atoms with E-state index in [9.17, 15) is 4.39 Å². The first kappa shape index (κ1) is 9.76. The molecule has 0 aliphatic rings. The number of nitrogens with zero attached hydrogens (tertiary/aromatic N) is 3. The molecular weight excluding hydrogens is 225 g/mol. The third-order valence-corrected chi connectivity index (χ3v) is 2.21. The van der Waals surface area contributed by atoms with E-state index in [4.69, 9.17) is 4.42 Å². The number of imidazole rings is 1. The third-order valence-electron chi connectivity index (χ3n) is 2.21. The molecule has 0 saturated heterocycles. The van der Waals surface area contributed by atoms with Crippen molar-refractivity contribution in [2.75, 3.05) is 5.32 Å². The number of anilines is 2. The van der Waals surface area contributed by atoms with E-state index in [-0.39, 0.29) is 17.3 Å². The van der Waals surface area contributed by atoms with E-state index >= 15 is 0 Å². The van der Waals surface area contributed by atoms with E-state index in [1.54, 1.807) is 19.1 Å². The predicted molar refractivity (Wildman–Crippen MR) is 58.4 cm³/mol. The molecule has 2 aromatic heterocycles. The first-order valence-corrected chi connectivity index (χ1v) is 4.94. The lowest BCUT2D eigenvalue weighted by molar-refractivity contribution is 0.535.